The van der Waals surface area contributed by atoms with Crippen LogP contribution in [0.1, 0.15) is 24.8 Å². The molecule has 0 aliphatic carbocycles. The molecule has 8 heteroatoms. The number of benzene rings is 1. The average molecular weight is 392 g/mol. The molecule has 2 rings (SSSR count). The fraction of sp³-hybridized carbons (Fsp3) is 0.500. The number of ether oxygens (including phenoxy) is 1. The molecule has 132 valence electrons. The number of carbonyl (C=O) groups excluding carboxylic acids is 1. The zero-order chi connectivity index (χ0) is 17.6. The van der Waals surface area contributed by atoms with Crippen molar-refractivity contribution in [3.8, 4) is 0 Å². The van der Waals surface area contributed by atoms with Gasteiger partial charge >= 0.3 is 5.97 Å². The fourth-order valence-electron chi connectivity index (χ4n) is 2.62. The first-order valence-corrected chi connectivity index (χ1v) is 9.43. The normalized spacial score (nSPS) is 16.6. The average Bonchev–Trinajstić information content (AvgIpc) is 2.49. The summed E-state index contributed by atoms with van der Waals surface area (Å²) in [4.78, 5) is 23.3. The number of nitrogens with one attached hydrogen (secondary N) is 1. The Morgan fingerprint density at radius 3 is 2.62 bits per heavy atom. The lowest BCUT2D eigenvalue weighted by molar-refractivity contribution is -0.140. The Kier molecular flexibility index (Phi) is 7.22. The molecule has 1 saturated heterocycles. The van der Waals surface area contributed by atoms with Crippen LogP contribution in [0.15, 0.2) is 18.2 Å². The van der Waals surface area contributed by atoms with Crippen LogP contribution in [0.5, 0.6) is 0 Å². The summed E-state index contributed by atoms with van der Waals surface area (Å²) in [6, 6.07) is 5.26. The molecule has 0 radical (unpaired) electrons. The molecule has 1 aromatic carbocycles. The van der Waals surface area contributed by atoms with E-state index >= 15 is 0 Å². The number of hydrogen-bond acceptors (Lipinski definition) is 4. The van der Waals surface area contributed by atoms with E-state index in [1.807, 2.05) is 6.07 Å². The molecule has 1 aliphatic heterocycles. The third-order valence-corrected chi connectivity index (χ3v) is 5.42. The van der Waals surface area contributed by atoms with Crippen LogP contribution < -0.4 is 5.32 Å². The fourth-order valence-corrected chi connectivity index (χ4v) is 4.01. The van der Waals surface area contributed by atoms with Crippen LogP contribution in [-0.2, 0) is 20.1 Å². The largest absolute Gasteiger partial charge is 0.481 e. The van der Waals surface area contributed by atoms with E-state index in [1.54, 1.807) is 12.1 Å². The van der Waals surface area contributed by atoms with Crippen molar-refractivity contribution in [2.24, 2.45) is 0 Å². The molecule has 2 N–H and O–H groups in total. The maximum absolute atomic E-state index is 12.2. The number of carbonyl (C=O) groups is 2. The van der Waals surface area contributed by atoms with E-state index in [-0.39, 0.29) is 18.1 Å². The standard InChI is InChI=1S/C16H19Cl2NO4S/c17-12-2-1-11(13(18)7-12)9-24-10-14(20)19-16(8-15(21)22)3-5-23-6-4-16/h1-2,7H,3-6,8-10H2,(H,19,20)(H,21,22). The third kappa shape index (κ3) is 5.84. The Labute approximate surface area is 155 Å². The summed E-state index contributed by atoms with van der Waals surface area (Å²) >= 11 is 13.4. The van der Waals surface area contributed by atoms with Gasteiger partial charge in [0, 0.05) is 29.0 Å². The molecule has 0 atom stereocenters. The van der Waals surface area contributed by atoms with Crippen molar-refractivity contribution in [2.75, 3.05) is 19.0 Å². The monoisotopic (exact) mass is 391 g/mol. The summed E-state index contributed by atoms with van der Waals surface area (Å²) in [5.41, 5.74) is 0.199. The number of halogens is 2. The Bertz CT molecular complexity index is 606. The Balaban J connectivity index is 1.85. The highest BCUT2D eigenvalue weighted by molar-refractivity contribution is 7.99. The first-order valence-electron chi connectivity index (χ1n) is 7.52. The second-order valence-corrected chi connectivity index (χ2v) is 7.57. The molecule has 5 nitrogen and oxygen atoms in total. The lowest BCUT2D eigenvalue weighted by atomic mass is 9.86. The van der Waals surface area contributed by atoms with Crippen LogP contribution in [-0.4, -0.2) is 41.5 Å². The number of carboxylic acid groups (broad SMARTS) is 1. The van der Waals surface area contributed by atoms with Crippen LogP contribution in [0.2, 0.25) is 10.0 Å². The van der Waals surface area contributed by atoms with E-state index in [0.29, 0.717) is 41.9 Å². The van der Waals surface area contributed by atoms with Crippen molar-refractivity contribution in [3.63, 3.8) is 0 Å². The lowest BCUT2D eigenvalue weighted by Gasteiger charge is -2.36. The van der Waals surface area contributed by atoms with Gasteiger partial charge in [0.1, 0.15) is 0 Å². The van der Waals surface area contributed by atoms with Crippen LogP contribution in [0.25, 0.3) is 0 Å². The van der Waals surface area contributed by atoms with Crippen LogP contribution >= 0.6 is 35.0 Å². The van der Waals surface area contributed by atoms with Crippen LogP contribution in [0, 0.1) is 0 Å². The first kappa shape index (κ1) is 19.4. The van der Waals surface area contributed by atoms with Gasteiger partial charge in [0.15, 0.2) is 0 Å². The molecule has 1 heterocycles. The minimum atomic E-state index is -0.919. The summed E-state index contributed by atoms with van der Waals surface area (Å²) in [6.07, 6.45) is 0.938. The zero-order valence-electron chi connectivity index (χ0n) is 13.0. The number of aliphatic carboxylic acids is 1. The van der Waals surface area contributed by atoms with Crippen molar-refractivity contribution in [3.05, 3.63) is 33.8 Å². The summed E-state index contributed by atoms with van der Waals surface area (Å²) in [5, 5.41) is 13.1. The highest BCUT2D eigenvalue weighted by atomic mass is 35.5. The lowest BCUT2D eigenvalue weighted by Crippen LogP contribution is -2.53. The van der Waals surface area contributed by atoms with Crippen molar-refractivity contribution >= 4 is 46.8 Å². The van der Waals surface area contributed by atoms with Crippen molar-refractivity contribution < 1.29 is 19.4 Å². The number of amides is 1. The molecular formula is C16H19Cl2NO4S. The molecule has 24 heavy (non-hydrogen) atoms. The molecule has 0 aromatic heterocycles. The molecule has 0 spiro atoms. The van der Waals surface area contributed by atoms with Gasteiger partial charge < -0.3 is 15.2 Å². The van der Waals surface area contributed by atoms with Gasteiger partial charge in [0.05, 0.1) is 17.7 Å². The molecule has 1 aliphatic rings. The van der Waals surface area contributed by atoms with Gasteiger partial charge in [-0.15, -0.1) is 11.8 Å². The molecule has 1 aromatic rings. The third-order valence-electron chi connectivity index (χ3n) is 3.85. The van der Waals surface area contributed by atoms with Crippen molar-refractivity contribution in [1.29, 1.82) is 0 Å². The molecular weight excluding hydrogens is 373 g/mol. The van der Waals surface area contributed by atoms with Crippen LogP contribution in [0.3, 0.4) is 0 Å². The maximum Gasteiger partial charge on any atom is 0.305 e. The maximum atomic E-state index is 12.2. The first-order chi connectivity index (χ1) is 11.4. The summed E-state index contributed by atoms with van der Waals surface area (Å²) in [6.45, 7) is 0.919. The number of thioether (sulfide) groups is 1. The van der Waals surface area contributed by atoms with Crippen molar-refractivity contribution in [2.45, 2.75) is 30.6 Å². The topological polar surface area (TPSA) is 75.6 Å². The SMILES string of the molecule is O=C(O)CC1(NC(=O)CSCc2ccc(Cl)cc2Cl)CCOCC1. The quantitative estimate of drug-likeness (QED) is 0.744. The number of rotatable bonds is 7. The minimum Gasteiger partial charge on any atom is -0.481 e. The van der Waals surface area contributed by atoms with Crippen LogP contribution in [0.4, 0.5) is 0 Å². The highest BCUT2D eigenvalue weighted by Crippen LogP contribution is 2.26. The highest BCUT2D eigenvalue weighted by Gasteiger charge is 2.36. The minimum absolute atomic E-state index is 0.0875. The predicted octanol–water partition coefficient (Wildman–Crippen LogP) is 3.37. The van der Waals surface area contributed by atoms with Gasteiger partial charge in [-0.25, -0.2) is 0 Å². The number of hydrogen-bond donors (Lipinski definition) is 2. The Morgan fingerprint density at radius 2 is 2.00 bits per heavy atom. The van der Waals surface area contributed by atoms with Gasteiger partial charge in [0.2, 0.25) is 5.91 Å². The van der Waals surface area contributed by atoms with E-state index in [9.17, 15) is 9.59 Å². The summed E-state index contributed by atoms with van der Waals surface area (Å²) in [7, 11) is 0. The van der Waals surface area contributed by atoms with E-state index in [0.717, 1.165) is 5.56 Å². The second-order valence-electron chi connectivity index (χ2n) is 5.74. The van der Waals surface area contributed by atoms with Gasteiger partial charge in [-0.05, 0) is 30.5 Å². The Morgan fingerprint density at radius 1 is 1.29 bits per heavy atom. The summed E-state index contributed by atoms with van der Waals surface area (Å²) < 4.78 is 5.27. The van der Waals surface area contributed by atoms with Gasteiger partial charge in [-0.1, -0.05) is 29.3 Å². The van der Waals surface area contributed by atoms with E-state index < -0.39 is 11.5 Å². The smallest absolute Gasteiger partial charge is 0.305 e. The molecule has 0 bridgehead atoms. The molecule has 0 unspecified atom stereocenters. The van der Waals surface area contributed by atoms with Gasteiger partial charge in [-0.3, -0.25) is 9.59 Å². The van der Waals surface area contributed by atoms with Crippen molar-refractivity contribution in [1.82, 2.24) is 5.32 Å². The van der Waals surface area contributed by atoms with E-state index in [2.05, 4.69) is 5.32 Å². The second kappa shape index (κ2) is 8.94. The van der Waals surface area contributed by atoms with Gasteiger partial charge in [-0.2, -0.15) is 0 Å². The summed E-state index contributed by atoms with van der Waals surface area (Å²) in [5.74, 6) is -0.273. The number of carboxylic acids is 1. The van der Waals surface area contributed by atoms with Gasteiger partial charge in [0.25, 0.3) is 0 Å². The Hall–Kier alpha value is -0.950. The zero-order valence-corrected chi connectivity index (χ0v) is 15.3. The molecule has 0 saturated carbocycles. The molecule has 1 fully saturated rings. The molecule has 1 amide bonds. The predicted molar refractivity (Wildman–Crippen MR) is 95.8 cm³/mol. The van der Waals surface area contributed by atoms with E-state index in [1.165, 1.54) is 11.8 Å². The van der Waals surface area contributed by atoms with E-state index in [4.69, 9.17) is 33.0 Å².